The Morgan fingerprint density at radius 2 is 2.18 bits per heavy atom. The van der Waals surface area contributed by atoms with Gasteiger partial charge < -0.3 is 24.2 Å². The summed E-state index contributed by atoms with van der Waals surface area (Å²) in [6.07, 6.45) is 13.7. The third kappa shape index (κ3) is 4.54. The number of piperidine rings is 2. The number of ether oxygens (including phenoxy) is 3. The first kappa shape index (κ1) is 23.2. The Morgan fingerprint density at radius 3 is 2.94 bits per heavy atom. The van der Waals surface area contributed by atoms with Crippen molar-refractivity contribution in [2.24, 2.45) is 5.41 Å². The number of carbonyl (C=O) groups excluding carboxylic acids is 1. The summed E-state index contributed by atoms with van der Waals surface area (Å²) in [4.78, 5) is 21.3. The largest absolute Gasteiger partial charge is 0.493 e. The summed E-state index contributed by atoms with van der Waals surface area (Å²) < 4.78 is 16.8. The van der Waals surface area contributed by atoms with Crippen molar-refractivity contribution in [2.75, 3.05) is 43.6 Å². The number of terminal acetylenes is 1. The Bertz CT molecular complexity index is 944. The predicted octanol–water partition coefficient (Wildman–Crippen LogP) is 2.59. The lowest BCUT2D eigenvalue weighted by molar-refractivity contribution is 0.0309. The Morgan fingerprint density at radius 1 is 1.35 bits per heavy atom. The van der Waals surface area contributed by atoms with Crippen LogP contribution in [0.2, 0.25) is 0 Å². The van der Waals surface area contributed by atoms with Crippen LogP contribution < -0.4 is 15.0 Å². The maximum Gasteiger partial charge on any atom is 0.412 e. The van der Waals surface area contributed by atoms with Gasteiger partial charge in [0.15, 0.2) is 18.2 Å². The van der Waals surface area contributed by atoms with Crippen LogP contribution in [-0.4, -0.2) is 78.9 Å². The van der Waals surface area contributed by atoms with Crippen molar-refractivity contribution >= 4 is 17.6 Å². The second-order valence-corrected chi connectivity index (χ2v) is 9.94. The van der Waals surface area contributed by atoms with Crippen LogP contribution in [0, 0.1) is 17.8 Å². The van der Waals surface area contributed by atoms with Gasteiger partial charge in [-0.25, -0.2) is 9.78 Å². The molecule has 1 amide bonds. The highest BCUT2D eigenvalue weighted by Gasteiger charge is 2.62. The average Bonchev–Trinajstić information content (AvgIpc) is 3.66. The minimum absolute atomic E-state index is 0.0886. The van der Waals surface area contributed by atoms with E-state index in [1.54, 1.807) is 19.4 Å². The third-order valence-corrected chi connectivity index (χ3v) is 7.90. The molecule has 0 aromatic carbocycles. The fourth-order valence-electron chi connectivity index (χ4n) is 6.14. The Kier molecular flexibility index (Phi) is 6.56. The minimum atomic E-state index is -0.623. The molecular weight excluding hydrogens is 436 g/mol. The summed E-state index contributed by atoms with van der Waals surface area (Å²) in [6, 6.07) is 2.29. The number of carbonyl (C=O) groups is 1. The lowest BCUT2D eigenvalue weighted by Crippen LogP contribution is -2.55. The van der Waals surface area contributed by atoms with Crippen LogP contribution in [0.15, 0.2) is 12.3 Å². The summed E-state index contributed by atoms with van der Waals surface area (Å²) in [5.74, 6) is 3.66. The second kappa shape index (κ2) is 9.61. The van der Waals surface area contributed by atoms with Crippen LogP contribution >= 0.6 is 0 Å². The van der Waals surface area contributed by atoms with Gasteiger partial charge in [0.2, 0.25) is 0 Å². The highest BCUT2D eigenvalue weighted by atomic mass is 16.6. The van der Waals surface area contributed by atoms with Crippen molar-refractivity contribution in [3.63, 3.8) is 0 Å². The molecule has 1 aromatic heterocycles. The summed E-state index contributed by atoms with van der Waals surface area (Å²) in [5, 5.41) is 12.5. The van der Waals surface area contributed by atoms with E-state index in [2.05, 4.69) is 26.0 Å². The Labute approximate surface area is 200 Å². The van der Waals surface area contributed by atoms with Crippen molar-refractivity contribution in [3.05, 3.63) is 12.3 Å². The van der Waals surface area contributed by atoms with E-state index in [1.165, 1.54) is 0 Å². The van der Waals surface area contributed by atoms with E-state index in [1.807, 2.05) is 0 Å². The van der Waals surface area contributed by atoms with Crippen molar-refractivity contribution < 1.29 is 24.1 Å². The first-order chi connectivity index (χ1) is 16.5. The summed E-state index contributed by atoms with van der Waals surface area (Å²) >= 11 is 0. The molecule has 4 aliphatic rings. The van der Waals surface area contributed by atoms with Crippen LogP contribution in [0.4, 0.5) is 16.3 Å². The average molecular weight is 471 g/mol. The molecule has 184 valence electrons. The summed E-state index contributed by atoms with van der Waals surface area (Å²) in [5.41, 5.74) is 0.613. The zero-order valence-electron chi connectivity index (χ0n) is 19.7. The zero-order valence-corrected chi connectivity index (χ0v) is 19.7. The fraction of sp³-hybridized carbons (Fsp3) is 0.680. The molecule has 9 nitrogen and oxygen atoms in total. The number of nitrogens with zero attached hydrogens (tertiary/aromatic N) is 3. The number of amides is 1. The summed E-state index contributed by atoms with van der Waals surface area (Å²) in [7, 11) is 1.61. The number of aliphatic hydroxyl groups is 1. The molecule has 34 heavy (non-hydrogen) atoms. The number of pyridine rings is 1. The molecule has 1 spiro atoms. The lowest BCUT2D eigenvalue weighted by Gasteiger charge is -2.47. The molecule has 3 atom stereocenters. The monoisotopic (exact) mass is 470 g/mol. The Hall–Kier alpha value is -2.54. The molecule has 0 radical (unpaired) electrons. The molecule has 1 aromatic rings. The van der Waals surface area contributed by atoms with Gasteiger partial charge in [0.1, 0.15) is 12.3 Å². The van der Waals surface area contributed by atoms with E-state index in [-0.39, 0.29) is 30.5 Å². The van der Waals surface area contributed by atoms with Gasteiger partial charge in [0.05, 0.1) is 25.1 Å². The van der Waals surface area contributed by atoms with Gasteiger partial charge in [0.25, 0.3) is 0 Å². The molecule has 3 saturated heterocycles. The van der Waals surface area contributed by atoms with Gasteiger partial charge in [-0.05, 0) is 44.9 Å². The van der Waals surface area contributed by atoms with E-state index in [9.17, 15) is 9.90 Å². The molecule has 3 aliphatic heterocycles. The molecule has 0 bridgehead atoms. The SMILES string of the molecule is C#CCOC(=O)Nc1cnc(N2CCC[C@@]3(CCN(C4CCC(O)CC4)C4O[C@H]43)C2)c(OC)c1. The van der Waals surface area contributed by atoms with Crippen molar-refractivity contribution in [1.82, 2.24) is 9.88 Å². The van der Waals surface area contributed by atoms with E-state index >= 15 is 0 Å². The van der Waals surface area contributed by atoms with Gasteiger partial charge in [-0.1, -0.05) is 5.92 Å². The number of epoxide rings is 1. The lowest BCUT2D eigenvalue weighted by atomic mass is 9.71. The number of fused-ring (bicyclic) bond motifs is 2. The molecule has 4 fully saturated rings. The number of hydrogen-bond acceptors (Lipinski definition) is 8. The van der Waals surface area contributed by atoms with Gasteiger partial charge >= 0.3 is 6.09 Å². The Balaban J connectivity index is 1.25. The van der Waals surface area contributed by atoms with Gasteiger partial charge in [-0.3, -0.25) is 10.2 Å². The quantitative estimate of drug-likeness (QED) is 0.501. The molecule has 5 rings (SSSR count). The van der Waals surface area contributed by atoms with E-state index in [0.29, 0.717) is 17.5 Å². The van der Waals surface area contributed by atoms with Crippen LogP contribution in [-0.2, 0) is 9.47 Å². The van der Waals surface area contributed by atoms with E-state index in [4.69, 9.17) is 20.6 Å². The van der Waals surface area contributed by atoms with E-state index in [0.717, 1.165) is 70.4 Å². The highest BCUT2D eigenvalue weighted by Crippen LogP contribution is 2.53. The van der Waals surface area contributed by atoms with E-state index < -0.39 is 6.09 Å². The minimum Gasteiger partial charge on any atom is -0.493 e. The number of anilines is 2. The number of aromatic nitrogens is 1. The molecule has 4 heterocycles. The van der Waals surface area contributed by atoms with Crippen LogP contribution in [0.1, 0.15) is 44.9 Å². The first-order valence-electron chi connectivity index (χ1n) is 12.3. The molecular formula is C25H34N4O5. The van der Waals surface area contributed by atoms with Crippen LogP contribution in [0.3, 0.4) is 0 Å². The fourth-order valence-corrected chi connectivity index (χ4v) is 6.14. The molecule has 1 saturated carbocycles. The normalized spacial score (nSPS) is 33.0. The maximum atomic E-state index is 11.8. The van der Waals surface area contributed by atoms with Crippen LogP contribution in [0.5, 0.6) is 5.75 Å². The molecule has 9 heteroatoms. The molecule has 1 aliphatic carbocycles. The summed E-state index contributed by atoms with van der Waals surface area (Å²) in [6.45, 7) is 2.74. The van der Waals surface area contributed by atoms with Gasteiger partial charge in [-0.2, -0.15) is 0 Å². The van der Waals surface area contributed by atoms with Crippen molar-refractivity contribution in [1.29, 1.82) is 0 Å². The van der Waals surface area contributed by atoms with Crippen molar-refractivity contribution in [3.8, 4) is 18.1 Å². The molecule has 1 unspecified atom stereocenters. The zero-order chi connectivity index (χ0) is 23.7. The number of methoxy groups -OCH3 is 1. The number of rotatable bonds is 5. The number of likely N-dealkylation sites (tertiary alicyclic amines) is 1. The number of nitrogens with one attached hydrogen (secondary N) is 1. The predicted molar refractivity (Wildman–Crippen MR) is 127 cm³/mol. The van der Waals surface area contributed by atoms with Gasteiger partial charge in [0, 0.05) is 37.2 Å². The maximum absolute atomic E-state index is 11.8. The highest BCUT2D eigenvalue weighted by molar-refractivity contribution is 5.85. The smallest absolute Gasteiger partial charge is 0.412 e. The van der Waals surface area contributed by atoms with Gasteiger partial charge in [-0.15, -0.1) is 6.42 Å². The topological polar surface area (TPSA) is 99.7 Å². The standard InChI is InChI=1S/C25H34N4O5/c1-3-13-33-24(31)27-17-14-20(32-2)22(26-15-17)28-11-4-9-25(16-28)10-12-29(23-21(25)34-23)18-5-7-19(30)8-6-18/h1,14-15,18-19,21,23,30H,4-13,16H2,2H3,(H,27,31)/t18?,19?,21-,23?,25-/m1/s1. The second-order valence-electron chi connectivity index (χ2n) is 9.94. The number of hydrogen-bond donors (Lipinski definition) is 2. The van der Waals surface area contributed by atoms with Crippen LogP contribution in [0.25, 0.3) is 0 Å². The van der Waals surface area contributed by atoms with Crippen molar-refractivity contribution in [2.45, 2.75) is 69.4 Å². The molecule has 2 N–H and O–H groups in total. The first-order valence-corrected chi connectivity index (χ1v) is 12.3. The number of aliphatic hydroxyl groups excluding tert-OH is 1. The third-order valence-electron chi connectivity index (χ3n) is 7.90.